The number of carbonyl (C=O) groups excluding carboxylic acids is 1. The highest BCUT2D eigenvalue weighted by Gasteiger charge is 2.26. The van der Waals surface area contributed by atoms with Gasteiger partial charge in [-0.1, -0.05) is 0 Å². The van der Waals surface area contributed by atoms with Gasteiger partial charge in [0.2, 0.25) is 5.91 Å². The molecule has 5 nitrogen and oxygen atoms in total. The van der Waals surface area contributed by atoms with E-state index in [1.165, 1.54) is 19.1 Å². The fraction of sp³-hybridized carbons (Fsp3) is 0.533. The minimum absolute atomic E-state index is 0. The lowest BCUT2D eigenvalue weighted by molar-refractivity contribution is -0.121. The van der Waals surface area contributed by atoms with Gasteiger partial charge in [-0.15, -0.1) is 12.4 Å². The van der Waals surface area contributed by atoms with Crippen molar-refractivity contribution in [2.45, 2.75) is 42.4 Å². The fourth-order valence-electron chi connectivity index (χ4n) is 2.49. The van der Waals surface area contributed by atoms with Gasteiger partial charge in [-0.25, -0.2) is 12.8 Å². The first kappa shape index (κ1) is 19.9. The second-order valence-electron chi connectivity index (χ2n) is 5.62. The Labute approximate surface area is 142 Å². The summed E-state index contributed by atoms with van der Waals surface area (Å²) in [5.74, 6) is -0.763. The molecule has 2 rings (SSSR count). The van der Waals surface area contributed by atoms with Crippen LogP contribution in [0.25, 0.3) is 0 Å². The predicted octanol–water partition coefficient (Wildman–Crippen LogP) is 1.67. The Kier molecular flexibility index (Phi) is 7.44. The normalized spacial score (nSPS) is 19.5. The van der Waals surface area contributed by atoms with Gasteiger partial charge in [-0.2, -0.15) is 0 Å². The van der Waals surface area contributed by atoms with Gasteiger partial charge in [0.25, 0.3) is 0 Å². The highest BCUT2D eigenvalue weighted by Crippen LogP contribution is 2.18. The molecule has 1 aliphatic rings. The number of nitrogens with one attached hydrogen (secondary N) is 2. The fourth-order valence-corrected chi connectivity index (χ4v) is 3.84. The van der Waals surface area contributed by atoms with E-state index in [1.807, 2.05) is 0 Å². The summed E-state index contributed by atoms with van der Waals surface area (Å²) in [4.78, 5) is 12.0. The van der Waals surface area contributed by atoms with E-state index in [-0.39, 0.29) is 35.7 Å². The highest BCUT2D eigenvalue weighted by molar-refractivity contribution is 7.92. The van der Waals surface area contributed by atoms with Crippen LogP contribution in [0.2, 0.25) is 0 Å². The van der Waals surface area contributed by atoms with Crippen LogP contribution in [-0.4, -0.2) is 38.7 Å². The van der Waals surface area contributed by atoms with Gasteiger partial charge in [0.05, 0.1) is 10.1 Å². The highest BCUT2D eigenvalue weighted by atomic mass is 35.5. The zero-order valence-electron chi connectivity index (χ0n) is 12.9. The van der Waals surface area contributed by atoms with Crippen LogP contribution < -0.4 is 10.6 Å². The number of benzene rings is 1. The molecule has 1 amide bonds. The first-order valence-corrected chi connectivity index (χ1v) is 8.94. The van der Waals surface area contributed by atoms with Gasteiger partial charge in [0, 0.05) is 19.0 Å². The molecule has 0 spiro atoms. The molecule has 0 bridgehead atoms. The summed E-state index contributed by atoms with van der Waals surface area (Å²) in [6, 6.07) is 4.72. The number of hydrogen-bond donors (Lipinski definition) is 2. The van der Waals surface area contributed by atoms with Gasteiger partial charge in [0.15, 0.2) is 9.84 Å². The molecule has 0 saturated carbocycles. The van der Waals surface area contributed by atoms with Gasteiger partial charge in [-0.05, 0) is 50.6 Å². The zero-order chi connectivity index (χ0) is 16.2. The van der Waals surface area contributed by atoms with E-state index in [2.05, 4.69) is 10.6 Å². The van der Waals surface area contributed by atoms with Crippen LogP contribution in [-0.2, 0) is 14.6 Å². The minimum Gasteiger partial charge on any atom is -0.352 e. The molecule has 2 N–H and O–H groups in total. The minimum atomic E-state index is -3.63. The zero-order valence-corrected chi connectivity index (χ0v) is 14.6. The predicted molar refractivity (Wildman–Crippen MR) is 88.9 cm³/mol. The van der Waals surface area contributed by atoms with E-state index in [0.29, 0.717) is 6.54 Å². The lowest BCUT2D eigenvalue weighted by Gasteiger charge is -2.24. The summed E-state index contributed by atoms with van der Waals surface area (Å²) in [5.41, 5.74) is 0. The Hall–Kier alpha value is -1.18. The number of amides is 1. The lowest BCUT2D eigenvalue weighted by Crippen LogP contribution is -2.46. The summed E-state index contributed by atoms with van der Waals surface area (Å²) in [6.07, 6.45) is 1.79. The topological polar surface area (TPSA) is 75.3 Å². The smallest absolute Gasteiger partial charge is 0.221 e. The molecule has 23 heavy (non-hydrogen) atoms. The third-order valence-corrected chi connectivity index (χ3v) is 5.96. The van der Waals surface area contributed by atoms with E-state index in [1.54, 1.807) is 0 Å². The molecule has 1 aliphatic heterocycles. The SMILES string of the molecule is CC(CC(=O)N[C@H]1CCCNC1)S(=O)(=O)c1ccc(F)cc1.Cl. The van der Waals surface area contributed by atoms with E-state index in [9.17, 15) is 17.6 Å². The van der Waals surface area contributed by atoms with Gasteiger partial charge < -0.3 is 10.6 Å². The molecule has 1 fully saturated rings. The van der Waals surface area contributed by atoms with Gasteiger partial charge in [-0.3, -0.25) is 4.79 Å². The number of piperidine rings is 1. The average Bonchev–Trinajstić information content (AvgIpc) is 2.48. The van der Waals surface area contributed by atoms with Crippen LogP contribution in [0, 0.1) is 5.82 Å². The van der Waals surface area contributed by atoms with Crippen molar-refractivity contribution >= 4 is 28.2 Å². The molecule has 1 saturated heterocycles. The number of rotatable bonds is 5. The molecule has 0 radical (unpaired) electrons. The largest absolute Gasteiger partial charge is 0.352 e. The number of sulfone groups is 1. The molecule has 1 aromatic rings. The van der Waals surface area contributed by atoms with Gasteiger partial charge >= 0.3 is 0 Å². The average molecular weight is 365 g/mol. The summed E-state index contributed by atoms with van der Waals surface area (Å²) in [7, 11) is -3.63. The van der Waals surface area contributed by atoms with Crippen LogP contribution in [0.15, 0.2) is 29.2 Å². The van der Waals surface area contributed by atoms with Crippen molar-refractivity contribution in [3.05, 3.63) is 30.1 Å². The second-order valence-corrected chi connectivity index (χ2v) is 7.99. The van der Waals surface area contributed by atoms with E-state index in [0.717, 1.165) is 31.5 Å². The van der Waals surface area contributed by atoms with Crippen molar-refractivity contribution in [3.8, 4) is 0 Å². The van der Waals surface area contributed by atoms with Crippen LogP contribution in [0.1, 0.15) is 26.2 Å². The van der Waals surface area contributed by atoms with E-state index >= 15 is 0 Å². The van der Waals surface area contributed by atoms with E-state index in [4.69, 9.17) is 0 Å². The third kappa shape index (κ3) is 5.44. The standard InChI is InChI=1S/C15H21FN2O3S.ClH/c1-11(9-15(19)18-13-3-2-8-17-10-13)22(20,21)14-6-4-12(16)5-7-14;/h4-7,11,13,17H,2-3,8-10H2,1H3,(H,18,19);1H/t11?,13-;/m0./s1. The van der Waals surface area contributed by atoms with Crippen molar-refractivity contribution in [2.75, 3.05) is 13.1 Å². The molecule has 0 aliphatic carbocycles. The monoisotopic (exact) mass is 364 g/mol. The molecular weight excluding hydrogens is 343 g/mol. The molecular formula is C15H22ClFN2O3S. The molecule has 8 heteroatoms. The molecule has 130 valence electrons. The summed E-state index contributed by atoms with van der Waals surface area (Å²) in [5, 5.41) is 5.19. The molecule has 1 aromatic carbocycles. The van der Waals surface area contributed by atoms with Crippen molar-refractivity contribution < 1.29 is 17.6 Å². The van der Waals surface area contributed by atoms with Crippen molar-refractivity contribution in [1.82, 2.24) is 10.6 Å². The maximum absolute atomic E-state index is 12.9. The third-order valence-electron chi connectivity index (χ3n) is 3.81. The van der Waals surface area contributed by atoms with Crippen molar-refractivity contribution in [3.63, 3.8) is 0 Å². The Morgan fingerprint density at radius 3 is 2.61 bits per heavy atom. The summed E-state index contributed by atoms with van der Waals surface area (Å²) in [6.45, 7) is 3.16. The molecule has 2 atom stereocenters. The summed E-state index contributed by atoms with van der Waals surface area (Å²) < 4.78 is 37.6. The van der Waals surface area contributed by atoms with Crippen LogP contribution in [0.3, 0.4) is 0 Å². The first-order valence-electron chi connectivity index (χ1n) is 7.39. The second kappa shape index (κ2) is 8.61. The van der Waals surface area contributed by atoms with Crippen molar-refractivity contribution in [2.24, 2.45) is 0 Å². The van der Waals surface area contributed by atoms with Gasteiger partial charge in [0.1, 0.15) is 5.82 Å². The Morgan fingerprint density at radius 1 is 1.39 bits per heavy atom. The Morgan fingerprint density at radius 2 is 2.04 bits per heavy atom. The summed E-state index contributed by atoms with van der Waals surface area (Å²) >= 11 is 0. The first-order chi connectivity index (χ1) is 10.4. The number of carbonyl (C=O) groups is 1. The van der Waals surface area contributed by atoms with Crippen LogP contribution in [0.4, 0.5) is 4.39 Å². The quantitative estimate of drug-likeness (QED) is 0.779. The van der Waals surface area contributed by atoms with E-state index < -0.39 is 20.9 Å². The molecule has 0 aromatic heterocycles. The Balaban J connectivity index is 0.00000264. The molecule has 1 unspecified atom stereocenters. The van der Waals surface area contributed by atoms with Crippen LogP contribution >= 0.6 is 12.4 Å². The van der Waals surface area contributed by atoms with Crippen molar-refractivity contribution in [1.29, 1.82) is 0 Å². The maximum atomic E-state index is 12.9. The number of hydrogen-bond acceptors (Lipinski definition) is 4. The number of halogens is 2. The lowest BCUT2D eigenvalue weighted by atomic mass is 10.1. The maximum Gasteiger partial charge on any atom is 0.221 e. The van der Waals surface area contributed by atoms with Crippen LogP contribution in [0.5, 0.6) is 0 Å². The Bertz CT molecular complexity index is 616. The molecule has 1 heterocycles.